The lowest BCUT2D eigenvalue weighted by Crippen LogP contribution is -2.04. The topological polar surface area (TPSA) is 35.2 Å². The van der Waals surface area contributed by atoms with E-state index in [1.807, 2.05) is 0 Å². The minimum Gasteiger partial charge on any atom is -0.456 e. The van der Waals surface area contributed by atoms with E-state index in [-0.39, 0.29) is 16.6 Å². The fourth-order valence-corrected chi connectivity index (χ4v) is 2.42. The molecule has 0 fully saturated rings. The first-order valence-corrected chi connectivity index (χ1v) is 6.99. The Labute approximate surface area is 128 Å². The van der Waals surface area contributed by atoms with Gasteiger partial charge < -0.3 is 10.5 Å². The van der Waals surface area contributed by atoms with Crippen molar-refractivity contribution in [1.82, 2.24) is 0 Å². The van der Waals surface area contributed by atoms with Crippen LogP contribution in [0.3, 0.4) is 0 Å². The first-order valence-electron chi connectivity index (χ1n) is 5.82. The number of hydrogen-bond acceptors (Lipinski definition) is 2. The summed E-state index contributed by atoms with van der Waals surface area (Å²) in [6.07, 6.45) is 0.459. The molecule has 0 bridgehead atoms. The van der Waals surface area contributed by atoms with Crippen molar-refractivity contribution in [3.05, 3.63) is 57.0 Å². The first kappa shape index (κ1) is 15.2. The minimum absolute atomic E-state index is 0.00878. The quantitative estimate of drug-likeness (QED) is 0.802. The molecule has 6 heteroatoms. The molecule has 106 valence electrons. The van der Waals surface area contributed by atoms with E-state index >= 15 is 0 Å². The Morgan fingerprint density at radius 3 is 2.60 bits per heavy atom. The molecule has 0 atom stereocenters. The zero-order chi connectivity index (χ0) is 14.7. The third-order valence-corrected chi connectivity index (χ3v) is 3.54. The molecule has 0 aliphatic heterocycles. The largest absolute Gasteiger partial charge is 0.456 e. The van der Waals surface area contributed by atoms with E-state index in [4.69, 9.17) is 22.1 Å². The monoisotopic (exact) mass is 361 g/mol. The van der Waals surface area contributed by atoms with E-state index in [9.17, 15) is 8.78 Å². The summed E-state index contributed by atoms with van der Waals surface area (Å²) < 4.78 is 32.8. The van der Waals surface area contributed by atoms with Gasteiger partial charge in [0, 0.05) is 6.07 Å². The van der Waals surface area contributed by atoms with Crippen LogP contribution in [-0.2, 0) is 6.42 Å². The average molecular weight is 363 g/mol. The predicted octanol–water partition coefficient (Wildman–Crippen LogP) is 4.67. The summed E-state index contributed by atoms with van der Waals surface area (Å²) in [5.74, 6) is -0.273. The number of nitrogens with two attached hydrogens (primary N) is 1. The fraction of sp³-hybridized carbons (Fsp3) is 0.143. The minimum atomic E-state index is -0.590. The van der Waals surface area contributed by atoms with Crippen LogP contribution in [0.25, 0.3) is 0 Å². The molecule has 0 unspecified atom stereocenters. The van der Waals surface area contributed by atoms with Crippen LogP contribution in [-0.4, -0.2) is 6.54 Å². The van der Waals surface area contributed by atoms with Crippen LogP contribution >= 0.6 is 27.5 Å². The van der Waals surface area contributed by atoms with Gasteiger partial charge >= 0.3 is 0 Å². The first-order chi connectivity index (χ1) is 9.51. The van der Waals surface area contributed by atoms with Gasteiger partial charge in [0.1, 0.15) is 23.1 Å². The molecule has 0 amide bonds. The Morgan fingerprint density at radius 1 is 1.15 bits per heavy atom. The third-order valence-electron chi connectivity index (χ3n) is 2.63. The normalized spacial score (nSPS) is 10.7. The predicted molar refractivity (Wildman–Crippen MR) is 78.3 cm³/mol. The van der Waals surface area contributed by atoms with Crippen LogP contribution in [0.1, 0.15) is 5.56 Å². The highest BCUT2D eigenvalue weighted by atomic mass is 79.9. The maximum absolute atomic E-state index is 13.5. The molecule has 20 heavy (non-hydrogen) atoms. The zero-order valence-corrected chi connectivity index (χ0v) is 12.6. The molecule has 2 nitrogen and oxygen atoms in total. The summed E-state index contributed by atoms with van der Waals surface area (Å²) in [5.41, 5.74) is 6.10. The molecule has 0 saturated carbocycles. The van der Waals surface area contributed by atoms with Gasteiger partial charge in [-0.3, -0.25) is 0 Å². The highest BCUT2D eigenvalue weighted by Crippen LogP contribution is 2.35. The Kier molecular flexibility index (Phi) is 4.96. The van der Waals surface area contributed by atoms with Gasteiger partial charge in [0.05, 0.1) is 9.50 Å². The molecule has 0 spiro atoms. The van der Waals surface area contributed by atoms with Gasteiger partial charge in [-0.25, -0.2) is 8.78 Å². The van der Waals surface area contributed by atoms with Gasteiger partial charge in [-0.05, 0) is 58.7 Å². The molecule has 2 N–H and O–H groups in total. The van der Waals surface area contributed by atoms with Crippen molar-refractivity contribution in [2.24, 2.45) is 5.73 Å². The lowest BCUT2D eigenvalue weighted by atomic mass is 10.1. The van der Waals surface area contributed by atoms with E-state index < -0.39 is 5.82 Å². The molecule has 0 radical (unpaired) electrons. The van der Waals surface area contributed by atoms with Crippen molar-refractivity contribution in [2.75, 3.05) is 6.54 Å². The Balaban J connectivity index is 2.37. The smallest absolute Gasteiger partial charge is 0.145 e. The molecule has 2 aromatic carbocycles. The number of ether oxygens (including phenoxy) is 1. The van der Waals surface area contributed by atoms with Gasteiger partial charge in [0.2, 0.25) is 0 Å². The molecular weight excluding hydrogens is 352 g/mol. The summed E-state index contributed by atoms with van der Waals surface area (Å²) in [5, 5.41) is -0.00878. The zero-order valence-electron chi connectivity index (χ0n) is 10.3. The lowest BCUT2D eigenvalue weighted by molar-refractivity contribution is 0.465. The lowest BCUT2D eigenvalue weighted by Gasteiger charge is -2.12. The Bertz CT molecular complexity index is 637. The molecule has 2 aromatic rings. The van der Waals surface area contributed by atoms with Crippen molar-refractivity contribution >= 4 is 27.5 Å². The highest BCUT2D eigenvalue weighted by Gasteiger charge is 2.11. The van der Waals surface area contributed by atoms with Crippen LogP contribution in [0.5, 0.6) is 11.5 Å². The average Bonchev–Trinajstić information content (AvgIpc) is 2.39. The molecule has 0 heterocycles. The van der Waals surface area contributed by atoms with Gasteiger partial charge in [-0.1, -0.05) is 11.6 Å². The third kappa shape index (κ3) is 3.48. The van der Waals surface area contributed by atoms with Crippen molar-refractivity contribution in [3.8, 4) is 11.5 Å². The summed E-state index contributed by atoms with van der Waals surface area (Å²) in [6.45, 7) is 0.357. The summed E-state index contributed by atoms with van der Waals surface area (Å²) in [4.78, 5) is 0. The number of hydrogen-bond donors (Lipinski definition) is 1. The van der Waals surface area contributed by atoms with E-state index in [0.717, 1.165) is 0 Å². The maximum atomic E-state index is 13.5. The number of benzene rings is 2. The van der Waals surface area contributed by atoms with E-state index in [0.29, 0.717) is 28.8 Å². The number of rotatable bonds is 4. The van der Waals surface area contributed by atoms with E-state index in [1.54, 1.807) is 0 Å². The van der Waals surface area contributed by atoms with Crippen molar-refractivity contribution < 1.29 is 13.5 Å². The number of halogens is 4. The fourth-order valence-electron chi connectivity index (χ4n) is 1.70. The highest BCUT2D eigenvalue weighted by molar-refractivity contribution is 9.10. The summed E-state index contributed by atoms with van der Waals surface area (Å²) in [7, 11) is 0. The maximum Gasteiger partial charge on any atom is 0.145 e. The molecular formula is C14H11BrClF2NO. The second kappa shape index (κ2) is 6.52. The second-order valence-electron chi connectivity index (χ2n) is 4.09. The molecule has 0 aromatic heterocycles. The van der Waals surface area contributed by atoms with Gasteiger partial charge in [-0.15, -0.1) is 0 Å². The van der Waals surface area contributed by atoms with Crippen LogP contribution in [0.4, 0.5) is 8.78 Å². The second-order valence-corrected chi connectivity index (χ2v) is 5.35. The Morgan fingerprint density at radius 2 is 1.90 bits per heavy atom. The molecule has 2 rings (SSSR count). The summed E-state index contributed by atoms with van der Waals surface area (Å²) >= 11 is 8.91. The van der Waals surface area contributed by atoms with Crippen LogP contribution in [0, 0.1) is 11.6 Å². The van der Waals surface area contributed by atoms with Crippen LogP contribution in [0.2, 0.25) is 5.02 Å². The van der Waals surface area contributed by atoms with Crippen molar-refractivity contribution in [1.29, 1.82) is 0 Å². The van der Waals surface area contributed by atoms with Gasteiger partial charge in [-0.2, -0.15) is 0 Å². The van der Waals surface area contributed by atoms with E-state index in [1.165, 1.54) is 30.3 Å². The summed E-state index contributed by atoms with van der Waals surface area (Å²) in [6, 6.07) is 6.68. The van der Waals surface area contributed by atoms with Gasteiger partial charge in [0.15, 0.2) is 0 Å². The van der Waals surface area contributed by atoms with Gasteiger partial charge in [0.25, 0.3) is 0 Å². The Hall–Kier alpha value is -1.17. The molecule has 0 saturated heterocycles. The molecule has 0 aliphatic carbocycles. The van der Waals surface area contributed by atoms with Crippen LogP contribution < -0.4 is 10.5 Å². The standard InChI is InChI=1S/C14H11BrClF2NO/c15-10-6-11(16)12(18)7-14(10)20-13-2-1-9(17)5-8(13)3-4-19/h1-2,5-7H,3-4,19H2. The van der Waals surface area contributed by atoms with Crippen molar-refractivity contribution in [3.63, 3.8) is 0 Å². The van der Waals surface area contributed by atoms with Crippen LogP contribution in [0.15, 0.2) is 34.8 Å². The van der Waals surface area contributed by atoms with E-state index in [2.05, 4.69) is 15.9 Å². The van der Waals surface area contributed by atoms with Crippen molar-refractivity contribution in [2.45, 2.75) is 6.42 Å². The SMILES string of the molecule is NCCc1cc(F)ccc1Oc1cc(F)c(Cl)cc1Br. The molecule has 0 aliphatic rings.